The number of aliphatic carboxylic acids is 1. The quantitative estimate of drug-likeness (QED) is 0.452. The monoisotopic (exact) mass is 552 g/mol. The van der Waals surface area contributed by atoms with Crippen LogP contribution in [0.4, 0.5) is 18.9 Å². The third-order valence-corrected chi connectivity index (χ3v) is 5.67. The molecule has 210 valence electrons. The molecule has 39 heavy (non-hydrogen) atoms. The number of piperazine rings is 1. The summed E-state index contributed by atoms with van der Waals surface area (Å²) in [6.45, 7) is 4.65. The molecule has 2 amide bonds. The van der Waals surface area contributed by atoms with E-state index in [1.807, 2.05) is 54.4 Å². The number of para-hydroxylation sites is 1. The molecule has 1 aliphatic rings. The van der Waals surface area contributed by atoms with Gasteiger partial charge in [-0.15, -0.1) is 0 Å². The fourth-order valence-electron chi connectivity index (χ4n) is 3.71. The van der Waals surface area contributed by atoms with Gasteiger partial charge in [0, 0.05) is 44.6 Å². The van der Waals surface area contributed by atoms with Gasteiger partial charge in [-0.25, -0.2) is 4.79 Å². The first-order chi connectivity index (χ1) is 18.5. The second-order valence-corrected chi connectivity index (χ2v) is 8.22. The third-order valence-electron chi connectivity index (χ3n) is 5.67. The number of rotatable bonds is 7. The Labute approximate surface area is 220 Å². The zero-order valence-corrected chi connectivity index (χ0v) is 21.1. The standard InChI is InChI=1S/C22H26N6O4.C2HF3O2/c1-3-28-10-9-17(24-28)20(21(29)23-16-7-5-4-6-8-16)26-11-13-27(14-12-26)22(30)18-15-19(31-2)25-32-18;3-2(4,5)1(6)7/h4-10,15,20H,3,11-14H2,1-2H3,(H,23,29);(H,6,7). The number of carboxylic acids is 1. The van der Waals surface area contributed by atoms with E-state index in [1.54, 1.807) is 9.58 Å². The number of carboxylic acid groups (broad SMARTS) is 1. The number of anilines is 1. The zero-order valence-electron chi connectivity index (χ0n) is 21.1. The molecule has 0 radical (unpaired) electrons. The minimum Gasteiger partial charge on any atom is -0.479 e. The number of carbonyl (C=O) groups excluding carboxylic acids is 2. The van der Waals surface area contributed by atoms with Gasteiger partial charge in [0.1, 0.15) is 6.04 Å². The van der Waals surface area contributed by atoms with Gasteiger partial charge >= 0.3 is 12.1 Å². The summed E-state index contributed by atoms with van der Waals surface area (Å²) in [6, 6.07) is 12.1. The van der Waals surface area contributed by atoms with Crippen molar-refractivity contribution in [1.29, 1.82) is 0 Å². The van der Waals surface area contributed by atoms with E-state index >= 15 is 0 Å². The van der Waals surface area contributed by atoms with Crippen LogP contribution >= 0.6 is 0 Å². The zero-order chi connectivity index (χ0) is 28.6. The van der Waals surface area contributed by atoms with Crippen LogP contribution in [0.3, 0.4) is 0 Å². The Morgan fingerprint density at radius 3 is 2.28 bits per heavy atom. The molecule has 1 aromatic carbocycles. The van der Waals surface area contributed by atoms with Crippen molar-refractivity contribution in [3.8, 4) is 5.88 Å². The number of carbonyl (C=O) groups is 3. The maximum Gasteiger partial charge on any atom is 0.490 e. The number of nitrogens with one attached hydrogen (secondary N) is 1. The summed E-state index contributed by atoms with van der Waals surface area (Å²) < 4.78 is 43.6. The topological polar surface area (TPSA) is 143 Å². The van der Waals surface area contributed by atoms with Crippen molar-refractivity contribution >= 4 is 23.5 Å². The number of ether oxygens (including phenoxy) is 1. The Kier molecular flexibility index (Phi) is 9.65. The fraction of sp³-hybridized carbons (Fsp3) is 0.375. The molecule has 4 rings (SSSR count). The molecule has 2 N–H and O–H groups in total. The molecule has 0 aliphatic carbocycles. The number of nitrogens with zero attached hydrogens (tertiary/aromatic N) is 5. The second kappa shape index (κ2) is 12.9. The van der Waals surface area contributed by atoms with E-state index < -0.39 is 18.2 Å². The minimum atomic E-state index is -5.08. The van der Waals surface area contributed by atoms with Crippen molar-refractivity contribution in [2.45, 2.75) is 25.7 Å². The van der Waals surface area contributed by atoms with E-state index in [4.69, 9.17) is 19.2 Å². The summed E-state index contributed by atoms with van der Waals surface area (Å²) in [5.41, 5.74) is 1.41. The van der Waals surface area contributed by atoms with Crippen LogP contribution in [0.1, 0.15) is 29.2 Å². The minimum absolute atomic E-state index is 0.135. The van der Waals surface area contributed by atoms with Crippen LogP contribution < -0.4 is 10.1 Å². The summed E-state index contributed by atoms with van der Waals surface area (Å²) in [5, 5.41) is 18.4. The molecular weight excluding hydrogens is 525 g/mol. The van der Waals surface area contributed by atoms with Gasteiger partial charge in [0.05, 0.1) is 18.9 Å². The predicted molar refractivity (Wildman–Crippen MR) is 130 cm³/mol. The maximum absolute atomic E-state index is 13.3. The van der Waals surface area contributed by atoms with Crippen molar-refractivity contribution in [3.05, 3.63) is 60.1 Å². The number of amides is 2. The number of aryl methyl sites for hydroxylation is 1. The molecule has 0 saturated carbocycles. The number of alkyl halides is 3. The summed E-state index contributed by atoms with van der Waals surface area (Å²) in [7, 11) is 1.46. The lowest BCUT2D eigenvalue weighted by Crippen LogP contribution is -2.51. The van der Waals surface area contributed by atoms with Gasteiger partial charge in [-0.3, -0.25) is 19.2 Å². The van der Waals surface area contributed by atoms with E-state index in [1.165, 1.54) is 13.2 Å². The van der Waals surface area contributed by atoms with Gasteiger partial charge in [-0.05, 0) is 30.3 Å². The van der Waals surface area contributed by atoms with Crippen LogP contribution in [0, 0.1) is 0 Å². The third kappa shape index (κ3) is 7.80. The van der Waals surface area contributed by atoms with Gasteiger partial charge in [0.15, 0.2) is 0 Å². The highest BCUT2D eigenvalue weighted by Crippen LogP contribution is 2.24. The molecule has 3 aromatic rings. The van der Waals surface area contributed by atoms with E-state index in [0.29, 0.717) is 31.9 Å². The number of hydrogen-bond acceptors (Lipinski definition) is 8. The predicted octanol–water partition coefficient (Wildman–Crippen LogP) is 2.67. The molecule has 0 bridgehead atoms. The Morgan fingerprint density at radius 2 is 1.77 bits per heavy atom. The molecule has 1 fully saturated rings. The molecule has 0 spiro atoms. The van der Waals surface area contributed by atoms with Crippen LogP contribution in [0.2, 0.25) is 0 Å². The molecule has 2 aromatic heterocycles. The van der Waals surface area contributed by atoms with Gasteiger partial charge in [0.25, 0.3) is 11.8 Å². The van der Waals surface area contributed by atoms with E-state index in [0.717, 1.165) is 12.2 Å². The average Bonchev–Trinajstić information content (AvgIpc) is 3.59. The highest BCUT2D eigenvalue weighted by molar-refractivity contribution is 5.95. The summed E-state index contributed by atoms with van der Waals surface area (Å²) in [6.07, 6.45) is -3.21. The molecule has 1 unspecified atom stereocenters. The summed E-state index contributed by atoms with van der Waals surface area (Å²) in [4.78, 5) is 38.6. The molecule has 15 heteroatoms. The van der Waals surface area contributed by atoms with Crippen LogP contribution in [-0.2, 0) is 16.1 Å². The molecule has 1 saturated heterocycles. The molecular formula is C24H27F3N6O6. The lowest BCUT2D eigenvalue weighted by molar-refractivity contribution is -0.192. The van der Waals surface area contributed by atoms with Gasteiger partial charge < -0.3 is 24.6 Å². The van der Waals surface area contributed by atoms with E-state index in [-0.39, 0.29) is 23.5 Å². The summed E-state index contributed by atoms with van der Waals surface area (Å²) >= 11 is 0. The van der Waals surface area contributed by atoms with Crippen molar-refractivity contribution in [3.63, 3.8) is 0 Å². The Hall–Kier alpha value is -4.40. The van der Waals surface area contributed by atoms with E-state index in [2.05, 4.69) is 15.6 Å². The Balaban J connectivity index is 0.000000532. The van der Waals surface area contributed by atoms with Crippen molar-refractivity contribution in [2.75, 3.05) is 38.6 Å². The first-order valence-electron chi connectivity index (χ1n) is 11.8. The number of benzene rings is 1. The highest BCUT2D eigenvalue weighted by Gasteiger charge is 2.38. The van der Waals surface area contributed by atoms with Crippen molar-refractivity contribution in [2.24, 2.45) is 0 Å². The molecule has 1 aliphatic heterocycles. The lowest BCUT2D eigenvalue weighted by atomic mass is 10.1. The fourth-order valence-corrected chi connectivity index (χ4v) is 3.71. The normalized spacial score (nSPS) is 14.6. The molecule has 3 heterocycles. The lowest BCUT2D eigenvalue weighted by Gasteiger charge is -2.37. The maximum atomic E-state index is 13.3. The number of hydrogen-bond donors (Lipinski definition) is 2. The van der Waals surface area contributed by atoms with Crippen LogP contribution in [0.15, 0.2) is 53.2 Å². The van der Waals surface area contributed by atoms with Crippen LogP contribution in [0.5, 0.6) is 5.88 Å². The number of methoxy groups -OCH3 is 1. The van der Waals surface area contributed by atoms with Crippen molar-refractivity contribution < 1.29 is 41.9 Å². The number of aromatic nitrogens is 3. The molecule has 12 nitrogen and oxygen atoms in total. The summed E-state index contributed by atoms with van der Waals surface area (Å²) in [5.74, 6) is -2.77. The molecule has 1 atom stereocenters. The Morgan fingerprint density at radius 1 is 1.13 bits per heavy atom. The smallest absolute Gasteiger partial charge is 0.479 e. The van der Waals surface area contributed by atoms with E-state index in [9.17, 15) is 22.8 Å². The largest absolute Gasteiger partial charge is 0.490 e. The average molecular weight is 553 g/mol. The highest BCUT2D eigenvalue weighted by atomic mass is 19.4. The van der Waals surface area contributed by atoms with Crippen LogP contribution in [0.25, 0.3) is 0 Å². The first kappa shape index (κ1) is 29.2. The first-order valence-corrected chi connectivity index (χ1v) is 11.8. The van der Waals surface area contributed by atoms with Crippen molar-refractivity contribution in [1.82, 2.24) is 24.7 Å². The number of halogens is 3. The second-order valence-electron chi connectivity index (χ2n) is 8.22. The van der Waals surface area contributed by atoms with Crippen LogP contribution in [-0.4, -0.2) is 87.1 Å². The van der Waals surface area contributed by atoms with Gasteiger partial charge in [0.2, 0.25) is 11.7 Å². The van der Waals surface area contributed by atoms with Gasteiger partial charge in [-0.1, -0.05) is 18.2 Å². The SMILES string of the molecule is CCn1ccc(C(C(=O)Nc2ccccc2)N2CCN(C(=O)c3cc(OC)no3)CC2)n1.O=C(O)C(F)(F)F. The van der Waals surface area contributed by atoms with Gasteiger partial charge in [-0.2, -0.15) is 18.3 Å². The Bertz CT molecular complexity index is 1250.